The van der Waals surface area contributed by atoms with E-state index in [0.717, 1.165) is 35.3 Å². The van der Waals surface area contributed by atoms with E-state index in [1.54, 1.807) is 0 Å². The Hall–Kier alpha value is -2.08. The van der Waals surface area contributed by atoms with Crippen LogP contribution in [0.5, 0.6) is 11.5 Å². The van der Waals surface area contributed by atoms with Gasteiger partial charge in [-0.2, -0.15) is 0 Å². The molecule has 2 aromatic rings. The quantitative estimate of drug-likeness (QED) is 0.575. The molecule has 2 aliphatic rings. The summed E-state index contributed by atoms with van der Waals surface area (Å²) < 4.78 is 18.8. The average molecular weight is 441 g/mol. The van der Waals surface area contributed by atoms with Crippen molar-refractivity contribution in [3.8, 4) is 22.6 Å². The Morgan fingerprint density at radius 2 is 1.94 bits per heavy atom. The zero-order valence-corrected chi connectivity index (χ0v) is 19.7. The second-order valence-corrected chi connectivity index (χ2v) is 9.70. The minimum absolute atomic E-state index is 0.134. The predicted molar refractivity (Wildman–Crippen MR) is 125 cm³/mol. The minimum Gasteiger partial charge on any atom is -0.482 e. The van der Waals surface area contributed by atoms with Crippen molar-refractivity contribution in [2.75, 3.05) is 6.61 Å². The highest BCUT2D eigenvalue weighted by Gasteiger charge is 2.36. The molecule has 0 saturated carbocycles. The van der Waals surface area contributed by atoms with Gasteiger partial charge in [0.25, 0.3) is 0 Å². The normalized spacial score (nSPS) is 23.8. The van der Waals surface area contributed by atoms with Gasteiger partial charge in [-0.3, -0.25) is 0 Å². The number of rotatable bonds is 7. The first kappa shape index (κ1) is 23.1. The van der Waals surface area contributed by atoms with E-state index in [-0.39, 0.29) is 6.61 Å². The minimum atomic E-state index is -0.617. The molecule has 32 heavy (non-hydrogen) atoms. The molecule has 2 aromatic carbocycles. The number of aliphatic hydroxyl groups excluding tert-OH is 2. The highest BCUT2D eigenvalue weighted by atomic mass is 16.7. The molecule has 0 spiro atoms. The maximum Gasteiger partial charge on any atom is 0.202 e. The van der Waals surface area contributed by atoms with E-state index in [2.05, 4.69) is 58.0 Å². The summed E-state index contributed by atoms with van der Waals surface area (Å²) in [6.45, 7) is 8.36. The van der Waals surface area contributed by atoms with E-state index in [1.807, 2.05) is 0 Å². The maximum atomic E-state index is 10.3. The summed E-state index contributed by atoms with van der Waals surface area (Å²) in [5.41, 5.74) is 5.07. The maximum absolute atomic E-state index is 10.3. The van der Waals surface area contributed by atoms with Crippen molar-refractivity contribution in [3.63, 3.8) is 0 Å². The van der Waals surface area contributed by atoms with Gasteiger partial charge < -0.3 is 24.4 Å². The van der Waals surface area contributed by atoms with Crippen LogP contribution in [0.1, 0.15) is 69.6 Å². The lowest BCUT2D eigenvalue weighted by Crippen LogP contribution is -2.40. The molecule has 0 radical (unpaired) electrons. The fourth-order valence-electron chi connectivity index (χ4n) is 4.81. The van der Waals surface area contributed by atoms with Gasteiger partial charge >= 0.3 is 0 Å². The second kappa shape index (κ2) is 9.42. The summed E-state index contributed by atoms with van der Waals surface area (Å²) >= 11 is 0. The fraction of sp³-hybridized carbons (Fsp3) is 0.556. The molecule has 1 fully saturated rings. The van der Waals surface area contributed by atoms with Gasteiger partial charge in [0.2, 0.25) is 6.29 Å². The molecule has 5 heteroatoms. The molecule has 2 N–H and O–H groups in total. The first-order valence-electron chi connectivity index (χ1n) is 11.9. The molecule has 174 valence electrons. The Balaban J connectivity index is 1.77. The standard InChI is InChI=1S/C27H36O5/c1-5-6-7-8-18-12-23(31-25-15-19(29)14-20(16-28)30-25)26-21-11-17(2)9-10-22(21)27(3,4)32-24(26)13-18/h9-13,19-20,25,28-29H,5-8,14-16H2,1-4H3. The molecular formula is C27H36O5. The smallest absolute Gasteiger partial charge is 0.202 e. The largest absolute Gasteiger partial charge is 0.482 e. The number of aryl methyl sites for hydroxylation is 2. The van der Waals surface area contributed by atoms with Crippen molar-refractivity contribution in [1.82, 2.24) is 0 Å². The van der Waals surface area contributed by atoms with Crippen LogP contribution in [0.15, 0.2) is 30.3 Å². The first-order valence-corrected chi connectivity index (χ1v) is 11.9. The molecule has 2 heterocycles. The van der Waals surface area contributed by atoms with Crippen molar-refractivity contribution in [3.05, 3.63) is 47.0 Å². The topological polar surface area (TPSA) is 68.2 Å². The number of ether oxygens (including phenoxy) is 3. The molecule has 3 unspecified atom stereocenters. The van der Waals surface area contributed by atoms with Gasteiger partial charge in [0.15, 0.2) is 0 Å². The van der Waals surface area contributed by atoms with Crippen LogP contribution in [0.3, 0.4) is 0 Å². The fourth-order valence-corrected chi connectivity index (χ4v) is 4.81. The van der Waals surface area contributed by atoms with E-state index in [4.69, 9.17) is 14.2 Å². The van der Waals surface area contributed by atoms with Crippen LogP contribution in [0.25, 0.3) is 11.1 Å². The Labute approximate surface area is 191 Å². The second-order valence-electron chi connectivity index (χ2n) is 9.70. The van der Waals surface area contributed by atoms with Crippen LogP contribution >= 0.6 is 0 Å². The predicted octanol–water partition coefficient (Wildman–Crippen LogP) is 5.26. The lowest BCUT2D eigenvalue weighted by atomic mass is 9.84. The summed E-state index contributed by atoms with van der Waals surface area (Å²) in [7, 11) is 0. The molecule has 5 nitrogen and oxygen atoms in total. The van der Waals surface area contributed by atoms with E-state index in [1.165, 1.54) is 24.0 Å². The van der Waals surface area contributed by atoms with Gasteiger partial charge in [-0.25, -0.2) is 0 Å². The van der Waals surface area contributed by atoms with E-state index < -0.39 is 24.1 Å². The van der Waals surface area contributed by atoms with Crippen molar-refractivity contribution in [1.29, 1.82) is 0 Å². The van der Waals surface area contributed by atoms with Crippen LogP contribution in [-0.4, -0.2) is 35.3 Å². The van der Waals surface area contributed by atoms with Gasteiger partial charge in [0, 0.05) is 18.4 Å². The molecule has 0 bridgehead atoms. The number of hydrogen-bond donors (Lipinski definition) is 2. The molecule has 0 amide bonds. The molecule has 3 atom stereocenters. The van der Waals surface area contributed by atoms with E-state index in [0.29, 0.717) is 18.6 Å². The summed E-state index contributed by atoms with van der Waals surface area (Å²) in [5, 5.41) is 19.8. The summed E-state index contributed by atoms with van der Waals surface area (Å²) in [6.07, 6.45) is 3.61. The summed E-state index contributed by atoms with van der Waals surface area (Å²) in [6, 6.07) is 10.7. The highest BCUT2D eigenvalue weighted by Crippen LogP contribution is 2.50. The summed E-state index contributed by atoms with van der Waals surface area (Å²) in [4.78, 5) is 0. The molecule has 0 aromatic heterocycles. The van der Waals surface area contributed by atoms with E-state index >= 15 is 0 Å². The van der Waals surface area contributed by atoms with Gasteiger partial charge in [0.1, 0.15) is 17.1 Å². The summed E-state index contributed by atoms with van der Waals surface area (Å²) in [5.74, 6) is 1.54. The molecule has 4 rings (SSSR count). The monoisotopic (exact) mass is 440 g/mol. The third kappa shape index (κ3) is 4.80. The number of fused-ring (bicyclic) bond motifs is 3. The Morgan fingerprint density at radius 3 is 2.69 bits per heavy atom. The van der Waals surface area contributed by atoms with Crippen LogP contribution in [0.2, 0.25) is 0 Å². The Bertz CT molecular complexity index is 951. The first-order chi connectivity index (χ1) is 15.3. The SMILES string of the molecule is CCCCCc1cc(OC2CC(O)CC(CO)O2)c2c(c1)OC(C)(C)c1ccc(C)cc1-2. The zero-order chi connectivity index (χ0) is 22.9. The van der Waals surface area contributed by atoms with Gasteiger partial charge in [-0.1, -0.05) is 43.5 Å². The van der Waals surface area contributed by atoms with Gasteiger partial charge in [0.05, 0.1) is 24.4 Å². The zero-order valence-electron chi connectivity index (χ0n) is 19.7. The lowest BCUT2D eigenvalue weighted by molar-refractivity contribution is -0.184. The number of aliphatic hydroxyl groups is 2. The van der Waals surface area contributed by atoms with Crippen LogP contribution in [0, 0.1) is 6.92 Å². The molecule has 0 aliphatic carbocycles. The average Bonchev–Trinajstić information content (AvgIpc) is 2.72. The van der Waals surface area contributed by atoms with Crippen molar-refractivity contribution in [2.45, 2.75) is 90.3 Å². The molecule has 1 saturated heterocycles. The van der Waals surface area contributed by atoms with Crippen LogP contribution < -0.4 is 9.47 Å². The van der Waals surface area contributed by atoms with Gasteiger partial charge in [-0.05, 0) is 56.9 Å². The van der Waals surface area contributed by atoms with Gasteiger partial charge in [-0.15, -0.1) is 0 Å². The van der Waals surface area contributed by atoms with Crippen LogP contribution in [-0.2, 0) is 16.8 Å². The van der Waals surface area contributed by atoms with Crippen molar-refractivity contribution >= 4 is 0 Å². The molecule has 2 aliphatic heterocycles. The van der Waals surface area contributed by atoms with Crippen molar-refractivity contribution in [2.24, 2.45) is 0 Å². The van der Waals surface area contributed by atoms with Crippen molar-refractivity contribution < 1.29 is 24.4 Å². The van der Waals surface area contributed by atoms with Crippen LogP contribution in [0.4, 0.5) is 0 Å². The van der Waals surface area contributed by atoms with E-state index in [9.17, 15) is 10.2 Å². The number of unbranched alkanes of at least 4 members (excludes halogenated alkanes) is 2. The third-order valence-corrected chi connectivity index (χ3v) is 6.46. The Morgan fingerprint density at radius 1 is 1.12 bits per heavy atom. The molecular weight excluding hydrogens is 404 g/mol. The highest BCUT2D eigenvalue weighted by molar-refractivity contribution is 5.82. The third-order valence-electron chi connectivity index (χ3n) is 6.46. The number of benzene rings is 2. The Kier molecular flexibility index (Phi) is 6.80. The lowest BCUT2D eigenvalue weighted by Gasteiger charge is -2.37. The number of hydrogen-bond acceptors (Lipinski definition) is 5.